The zero-order chi connectivity index (χ0) is 20.9. The second-order valence-corrected chi connectivity index (χ2v) is 8.97. The van der Waals surface area contributed by atoms with Crippen molar-refractivity contribution in [2.75, 3.05) is 25.1 Å². The Morgan fingerprint density at radius 1 is 1.06 bits per heavy atom. The third-order valence-electron chi connectivity index (χ3n) is 7.10. The number of hydrogen-bond donors (Lipinski definition) is 1. The molecule has 1 aliphatic carbocycles. The molecule has 2 atom stereocenters. The number of nitrogens with one attached hydrogen (secondary N) is 1. The Kier molecular flexibility index (Phi) is 4.52. The maximum Gasteiger partial charge on any atom is 0.318 e. The van der Waals surface area contributed by atoms with Gasteiger partial charge in [-0.05, 0) is 37.2 Å². The van der Waals surface area contributed by atoms with Crippen LogP contribution in [0.2, 0.25) is 0 Å². The molecule has 0 spiro atoms. The zero-order valence-electron chi connectivity index (χ0n) is 17.6. The molecule has 2 unspecified atom stereocenters. The molecule has 0 radical (unpaired) electrons. The van der Waals surface area contributed by atoms with Gasteiger partial charge in [-0.2, -0.15) is 9.97 Å². The number of hydrogen-bond acceptors (Lipinski definition) is 6. The average Bonchev–Trinajstić information content (AvgIpc) is 3.10. The van der Waals surface area contributed by atoms with Crippen molar-refractivity contribution in [2.45, 2.75) is 50.1 Å². The van der Waals surface area contributed by atoms with Gasteiger partial charge in [-0.25, -0.2) is 4.39 Å². The van der Waals surface area contributed by atoms with E-state index in [1.54, 1.807) is 6.20 Å². The van der Waals surface area contributed by atoms with Gasteiger partial charge >= 0.3 is 6.01 Å². The van der Waals surface area contributed by atoms with E-state index in [1.807, 2.05) is 18.2 Å². The molecule has 4 heterocycles. The SMILES string of the molecule is COc1nc(N2CC3CCC(C2)N3)c2cnc(-c3ccccc3C3CCC3)c(F)c2n1. The molecule has 1 aromatic carbocycles. The van der Waals surface area contributed by atoms with Crippen molar-refractivity contribution in [1.82, 2.24) is 20.3 Å². The van der Waals surface area contributed by atoms with Crippen molar-refractivity contribution in [3.8, 4) is 17.3 Å². The van der Waals surface area contributed by atoms with Crippen LogP contribution >= 0.6 is 0 Å². The van der Waals surface area contributed by atoms with Crippen LogP contribution in [0.15, 0.2) is 30.5 Å². The van der Waals surface area contributed by atoms with Gasteiger partial charge in [0.05, 0.1) is 12.5 Å². The second kappa shape index (κ2) is 7.41. The molecule has 31 heavy (non-hydrogen) atoms. The molecule has 1 N–H and O–H groups in total. The van der Waals surface area contributed by atoms with Gasteiger partial charge in [-0.15, -0.1) is 0 Å². The number of halogens is 1. The number of anilines is 1. The minimum absolute atomic E-state index is 0.191. The molecular formula is C24H26FN5O. The van der Waals surface area contributed by atoms with Gasteiger partial charge in [-0.3, -0.25) is 4.98 Å². The molecule has 3 fully saturated rings. The Labute approximate surface area is 180 Å². The Morgan fingerprint density at radius 3 is 2.55 bits per heavy atom. The highest BCUT2D eigenvalue weighted by atomic mass is 19.1. The first kappa shape index (κ1) is 18.9. The normalized spacial score (nSPS) is 23.2. The maximum absolute atomic E-state index is 15.9. The van der Waals surface area contributed by atoms with E-state index >= 15 is 4.39 Å². The number of piperazine rings is 1. The number of methoxy groups -OCH3 is 1. The van der Waals surface area contributed by atoms with Crippen molar-refractivity contribution in [3.63, 3.8) is 0 Å². The van der Waals surface area contributed by atoms with Gasteiger partial charge in [-0.1, -0.05) is 30.7 Å². The van der Waals surface area contributed by atoms with Crippen molar-refractivity contribution in [2.24, 2.45) is 0 Å². The smallest absolute Gasteiger partial charge is 0.318 e. The summed E-state index contributed by atoms with van der Waals surface area (Å²) in [5, 5.41) is 4.27. The minimum Gasteiger partial charge on any atom is -0.467 e. The van der Waals surface area contributed by atoms with Crippen LogP contribution in [0.1, 0.15) is 43.6 Å². The van der Waals surface area contributed by atoms with E-state index in [0.717, 1.165) is 44.3 Å². The Hall–Kier alpha value is -2.80. The molecule has 7 heteroatoms. The third kappa shape index (κ3) is 3.14. The quantitative estimate of drug-likeness (QED) is 0.689. The zero-order valence-corrected chi connectivity index (χ0v) is 17.6. The predicted molar refractivity (Wildman–Crippen MR) is 118 cm³/mol. The summed E-state index contributed by atoms with van der Waals surface area (Å²) in [4.78, 5) is 15.9. The summed E-state index contributed by atoms with van der Waals surface area (Å²) < 4.78 is 21.3. The van der Waals surface area contributed by atoms with Crippen LogP contribution in [0, 0.1) is 5.82 Å². The van der Waals surface area contributed by atoms with Crippen LogP contribution < -0.4 is 15.0 Å². The summed E-state index contributed by atoms with van der Waals surface area (Å²) in [6.45, 7) is 1.69. The molecule has 2 aliphatic heterocycles. The number of aromatic nitrogens is 3. The third-order valence-corrected chi connectivity index (χ3v) is 7.10. The van der Waals surface area contributed by atoms with E-state index in [2.05, 4.69) is 31.2 Å². The van der Waals surface area contributed by atoms with Crippen LogP contribution in [0.4, 0.5) is 10.2 Å². The first-order valence-corrected chi connectivity index (χ1v) is 11.2. The summed E-state index contributed by atoms with van der Waals surface area (Å²) in [5.41, 5.74) is 2.69. The highest BCUT2D eigenvalue weighted by Crippen LogP contribution is 2.42. The van der Waals surface area contributed by atoms with Crippen molar-refractivity contribution in [3.05, 3.63) is 41.8 Å². The lowest BCUT2D eigenvalue weighted by Gasteiger charge is -2.34. The van der Waals surface area contributed by atoms with Gasteiger partial charge in [0.2, 0.25) is 0 Å². The number of benzene rings is 1. The Balaban J connectivity index is 1.49. The molecule has 2 aromatic heterocycles. The summed E-state index contributed by atoms with van der Waals surface area (Å²) >= 11 is 0. The lowest BCUT2D eigenvalue weighted by molar-refractivity contribution is 0.380. The number of nitrogens with zero attached hydrogens (tertiary/aromatic N) is 4. The molecule has 3 aromatic rings. The van der Waals surface area contributed by atoms with Crippen molar-refractivity contribution in [1.29, 1.82) is 0 Å². The molecule has 160 valence electrons. The first-order valence-electron chi connectivity index (χ1n) is 11.2. The van der Waals surface area contributed by atoms with Crippen LogP contribution in [-0.4, -0.2) is 47.2 Å². The molecular weight excluding hydrogens is 393 g/mol. The highest BCUT2D eigenvalue weighted by Gasteiger charge is 2.34. The van der Waals surface area contributed by atoms with E-state index < -0.39 is 5.82 Å². The van der Waals surface area contributed by atoms with E-state index in [0.29, 0.717) is 34.9 Å². The lowest BCUT2D eigenvalue weighted by atomic mass is 9.77. The predicted octanol–water partition coefficient (Wildman–Crippen LogP) is 4.05. The summed E-state index contributed by atoms with van der Waals surface area (Å²) in [7, 11) is 1.53. The van der Waals surface area contributed by atoms with Crippen LogP contribution in [0.5, 0.6) is 6.01 Å². The topological polar surface area (TPSA) is 63.2 Å². The van der Waals surface area contributed by atoms with Gasteiger partial charge in [0.1, 0.15) is 17.0 Å². The van der Waals surface area contributed by atoms with Gasteiger partial charge in [0, 0.05) is 36.9 Å². The van der Waals surface area contributed by atoms with E-state index in [-0.39, 0.29) is 11.5 Å². The molecule has 6 rings (SSSR count). The minimum atomic E-state index is -0.399. The summed E-state index contributed by atoms with van der Waals surface area (Å²) in [5.74, 6) is 0.801. The first-order chi connectivity index (χ1) is 15.2. The number of ether oxygens (including phenoxy) is 1. The van der Waals surface area contributed by atoms with E-state index in [4.69, 9.17) is 4.74 Å². The average molecular weight is 420 g/mol. The summed E-state index contributed by atoms with van der Waals surface area (Å²) in [6.07, 6.45) is 7.60. The van der Waals surface area contributed by atoms with Crippen LogP contribution in [-0.2, 0) is 0 Å². The monoisotopic (exact) mass is 419 g/mol. The lowest BCUT2D eigenvalue weighted by Crippen LogP contribution is -2.51. The largest absolute Gasteiger partial charge is 0.467 e. The fraction of sp³-hybridized carbons (Fsp3) is 0.458. The fourth-order valence-corrected chi connectivity index (χ4v) is 5.30. The molecule has 3 aliphatic rings. The van der Waals surface area contributed by atoms with Gasteiger partial charge < -0.3 is 15.0 Å². The maximum atomic E-state index is 15.9. The molecule has 6 nitrogen and oxygen atoms in total. The Morgan fingerprint density at radius 2 is 1.84 bits per heavy atom. The van der Waals surface area contributed by atoms with Crippen molar-refractivity contribution >= 4 is 16.7 Å². The number of fused-ring (bicyclic) bond motifs is 3. The number of rotatable bonds is 4. The molecule has 0 amide bonds. The molecule has 2 saturated heterocycles. The standard InChI is InChI=1S/C24H26FN5O/c1-31-24-28-22-19(23(29-24)30-12-15-9-10-16(13-30)27-15)11-26-21(20(22)25)18-8-3-2-7-17(18)14-5-4-6-14/h2-3,7-8,11,14-16,27H,4-6,9-10,12-13H2,1H3. The number of pyridine rings is 1. The summed E-state index contributed by atoms with van der Waals surface area (Å²) in [6, 6.07) is 9.13. The van der Waals surface area contributed by atoms with Crippen molar-refractivity contribution < 1.29 is 9.13 Å². The molecule has 2 bridgehead atoms. The highest BCUT2D eigenvalue weighted by molar-refractivity contribution is 5.92. The van der Waals surface area contributed by atoms with Gasteiger partial charge in [0.25, 0.3) is 0 Å². The fourth-order valence-electron chi connectivity index (χ4n) is 5.30. The van der Waals surface area contributed by atoms with E-state index in [1.165, 1.54) is 19.1 Å². The Bertz CT molecular complexity index is 1140. The van der Waals surface area contributed by atoms with Gasteiger partial charge in [0.15, 0.2) is 5.82 Å². The van der Waals surface area contributed by atoms with Crippen LogP contribution in [0.25, 0.3) is 22.2 Å². The second-order valence-electron chi connectivity index (χ2n) is 8.97. The van der Waals surface area contributed by atoms with Crippen LogP contribution in [0.3, 0.4) is 0 Å². The molecule has 1 saturated carbocycles. The van der Waals surface area contributed by atoms with E-state index in [9.17, 15) is 0 Å².